The number of hydrogen-bond donors (Lipinski definition) is 0. The largest absolute Gasteiger partial charge is 0.497 e. The number of rotatable bonds is 4. The maximum Gasteiger partial charge on any atom is 0.166 e. The molecule has 19 heavy (non-hydrogen) atoms. The summed E-state index contributed by atoms with van der Waals surface area (Å²) >= 11 is 0. The van der Waals surface area contributed by atoms with E-state index < -0.39 is 5.82 Å². The summed E-state index contributed by atoms with van der Waals surface area (Å²) in [4.78, 5) is 11.1. The first-order valence-electron chi connectivity index (χ1n) is 5.72. The molecule has 0 unspecified atom stereocenters. The van der Waals surface area contributed by atoms with E-state index >= 15 is 0 Å². The van der Waals surface area contributed by atoms with Crippen LogP contribution in [0.1, 0.15) is 17.3 Å². The van der Waals surface area contributed by atoms with E-state index in [2.05, 4.69) is 0 Å². The molecule has 98 valence electrons. The quantitative estimate of drug-likeness (QED) is 0.784. The number of halogens is 1. The molecule has 0 amide bonds. The first-order chi connectivity index (χ1) is 9.10. The molecule has 0 N–H and O–H groups in total. The van der Waals surface area contributed by atoms with Crippen molar-refractivity contribution in [2.75, 3.05) is 7.11 Å². The molecule has 0 bridgehead atoms. The zero-order chi connectivity index (χ0) is 13.8. The van der Waals surface area contributed by atoms with Crippen LogP contribution >= 0.6 is 0 Å². The maximum atomic E-state index is 13.8. The zero-order valence-corrected chi connectivity index (χ0v) is 10.6. The lowest BCUT2D eigenvalue weighted by atomic mass is 10.1. The van der Waals surface area contributed by atoms with Crippen LogP contribution < -0.4 is 9.47 Å². The van der Waals surface area contributed by atoms with Crippen LogP contribution in [0.3, 0.4) is 0 Å². The lowest BCUT2D eigenvalue weighted by Crippen LogP contribution is -1.95. The Hall–Kier alpha value is -2.36. The molecule has 0 spiro atoms. The van der Waals surface area contributed by atoms with Crippen LogP contribution in [0.25, 0.3) is 0 Å². The molecule has 0 aromatic heterocycles. The van der Waals surface area contributed by atoms with E-state index in [1.165, 1.54) is 19.1 Å². The van der Waals surface area contributed by atoms with Gasteiger partial charge in [-0.1, -0.05) is 6.07 Å². The number of benzene rings is 2. The monoisotopic (exact) mass is 260 g/mol. The summed E-state index contributed by atoms with van der Waals surface area (Å²) in [6.45, 7) is 1.39. The first kappa shape index (κ1) is 13.1. The lowest BCUT2D eigenvalue weighted by Gasteiger charge is -2.08. The number of methoxy groups -OCH3 is 1. The van der Waals surface area contributed by atoms with Crippen molar-refractivity contribution in [1.82, 2.24) is 0 Å². The number of carbonyl (C=O) groups is 1. The van der Waals surface area contributed by atoms with Gasteiger partial charge in [0.1, 0.15) is 11.5 Å². The SMILES string of the molecule is COc1cccc(Oc2ccc(C(C)=O)cc2F)c1. The predicted octanol–water partition coefficient (Wildman–Crippen LogP) is 3.83. The molecule has 0 heterocycles. The number of ketones is 1. The molecule has 0 radical (unpaired) electrons. The summed E-state index contributed by atoms with van der Waals surface area (Å²) in [5.74, 6) is 0.396. The third-order valence-electron chi connectivity index (χ3n) is 2.61. The van der Waals surface area contributed by atoms with Gasteiger partial charge in [0.05, 0.1) is 7.11 Å². The summed E-state index contributed by atoms with van der Waals surface area (Å²) in [5, 5.41) is 0. The molecule has 0 aliphatic carbocycles. The molecule has 0 aliphatic heterocycles. The Balaban J connectivity index is 2.25. The standard InChI is InChI=1S/C15H13FO3/c1-10(17)11-6-7-15(14(16)8-11)19-13-5-3-4-12(9-13)18-2/h3-9H,1-2H3. The van der Waals surface area contributed by atoms with Crippen molar-refractivity contribution in [2.24, 2.45) is 0 Å². The second-order valence-electron chi connectivity index (χ2n) is 3.98. The Morgan fingerprint density at radius 1 is 1.11 bits per heavy atom. The third kappa shape index (κ3) is 3.10. The van der Waals surface area contributed by atoms with Gasteiger partial charge in [0.25, 0.3) is 0 Å². The average Bonchev–Trinajstić information content (AvgIpc) is 2.41. The summed E-state index contributed by atoms with van der Waals surface area (Å²) in [6, 6.07) is 11.0. The number of Topliss-reactive ketones (excluding diaryl/α,β-unsaturated/α-hetero) is 1. The Morgan fingerprint density at radius 2 is 1.84 bits per heavy atom. The highest BCUT2D eigenvalue weighted by Gasteiger charge is 2.08. The van der Waals surface area contributed by atoms with E-state index in [1.807, 2.05) is 0 Å². The highest BCUT2D eigenvalue weighted by Crippen LogP contribution is 2.27. The molecular formula is C15H13FO3. The van der Waals surface area contributed by atoms with Gasteiger partial charge in [-0.05, 0) is 37.3 Å². The first-order valence-corrected chi connectivity index (χ1v) is 5.72. The summed E-state index contributed by atoms with van der Waals surface area (Å²) < 4.78 is 24.2. The fraction of sp³-hybridized carbons (Fsp3) is 0.133. The number of ether oxygens (including phenoxy) is 2. The van der Waals surface area contributed by atoms with E-state index in [9.17, 15) is 9.18 Å². The molecule has 4 heteroatoms. The lowest BCUT2D eigenvalue weighted by molar-refractivity contribution is 0.101. The second kappa shape index (κ2) is 5.52. The summed E-state index contributed by atoms with van der Waals surface area (Å²) in [6.07, 6.45) is 0. The Labute approximate surface area is 110 Å². The van der Waals surface area contributed by atoms with Crippen LogP contribution in [0, 0.1) is 5.82 Å². The van der Waals surface area contributed by atoms with Crippen LogP contribution in [0.5, 0.6) is 17.2 Å². The topological polar surface area (TPSA) is 35.5 Å². The van der Waals surface area contributed by atoms with E-state index in [-0.39, 0.29) is 11.5 Å². The van der Waals surface area contributed by atoms with Gasteiger partial charge >= 0.3 is 0 Å². The molecule has 2 rings (SSSR count). The molecule has 0 saturated heterocycles. The number of carbonyl (C=O) groups excluding carboxylic acids is 1. The van der Waals surface area contributed by atoms with Crippen molar-refractivity contribution in [1.29, 1.82) is 0 Å². The van der Waals surface area contributed by atoms with Gasteiger partial charge in [-0.25, -0.2) is 4.39 Å². The van der Waals surface area contributed by atoms with Crippen molar-refractivity contribution in [3.63, 3.8) is 0 Å². The Morgan fingerprint density at radius 3 is 2.47 bits per heavy atom. The minimum atomic E-state index is -0.574. The molecule has 2 aromatic rings. The second-order valence-corrected chi connectivity index (χ2v) is 3.98. The highest BCUT2D eigenvalue weighted by molar-refractivity contribution is 5.94. The van der Waals surface area contributed by atoms with Gasteiger partial charge in [-0.2, -0.15) is 0 Å². The third-order valence-corrected chi connectivity index (χ3v) is 2.61. The maximum absolute atomic E-state index is 13.8. The van der Waals surface area contributed by atoms with Gasteiger partial charge in [-0.15, -0.1) is 0 Å². The predicted molar refractivity (Wildman–Crippen MR) is 69.5 cm³/mol. The van der Waals surface area contributed by atoms with Gasteiger partial charge in [0, 0.05) is 11.6 Å². The summed E-state index contributed by atoms with van der Waals surface area (Å²) in [7, 11) is 1.54. The molecule has 0 atom stereocenters. The minimum absolute atomic E-state index is 0.0678. The molecule has 2 aromatic carbocycles. The van der Waals surface area contributed by atoms with Gasteiger partial charge in [0.15, 0.2) is 17.3 Å². The van der Waals surface area contributed by atoms with Crippen LogP contribution in [-0.4, -0.2) is 12.9 Å². The van der Waals surface area contributed by atoms with Crippen molar-refractivity contribution in [3.05, 3.63) is 53.8 Å². The highest BCUT2D eigenvalue weighted by atomic mass is 19.1. The van der Waals surface area contributed by atoms with E-state index in [0.717, 1.165) is 6.07 Å². The van der Waals surface area contributed by atoms with Crippen LogP contribution in [0.4, 0.5) is 4.39 Å². The van der Waals surface area contributed by atoms with Crippen molar-refractivity contribution < 1.29 is 18.7 Å². The van der Waals surface area contributed by atoms with Crippen molar-refractivity contribution in [2.45, 2.75) is 6.92 Å². The zero-order valence-electron chi connectivity index (χ0n) is 10.6. The van der Waals surface area contributed by atoms with Gasteiger partial charge < -0.3 is 9.47 Å². The van der Waals surface area contributed by atoms with E-state index in [0.29, 0.717) is 17.1 Å². The smallest absolute Gasteiger partial charge is 0.166 e. The molecule has 0 aliphatic rings. The minimum Gasteiger partial charge on any atom is -0.497 e. The average molecular weight is 260 g/mol. The molecule has 3 nitrogen and oxygen atoms in total. The fourth-order valence-corrected chi connectivity index (χ4v) is 1.59. The fourth-order valence-electron chi connectivity index (χ4n) is 1.59. The number of hydrogen-bond acceptors (Lipinski definition) is 3. The Bertz CT molecular complexity index is 608. The van der Waals surface area contributed by atoms with E-state index in [1.54, 1.807) is 31.4 Å². The van der Waals surface area contributed by atoms with E-state index in [4.69, 9.17) is 9.47 Å². The van der Waals surface area contributed by atoms with Crippen LogP contribution in [-0.2, 0) is 0 Å². The molecular weight excluding hydrogens is 247 g/mol. The van der Waals surface area contributed by atoms with Gasteiger partial charge in [0.2, 0.25) is 0 Å². The van der Waals surface area contributed by atoms with Gasteiger partial charge in [-0.3, -0.25) is 4.79 Å². The summed E-state index contributed by atoms with van der Waals surface area (Å²) in [5.41, 5.74) is 0.315. The van der Waals surface area contributed by atoms with Crippen LogP contribution in [0.15, 0.2) is 42.5 Å². The molecule has 0 saturated carbocycles. The van der Waals surface area contributed by atoms with Crippen LogP contribution in [0.2, 0.25) is 0 Å². The van der Waals surface area contributed by atoms with Crippen molar-refractivity contribution in [3.8, 4) is 17.2 Å². The van der Waals surface area contributed by atoms with Crippen molar-refractivity contribution >= 4 is 5.78 Å². The molecule has 0 fully saturated rings. The normalized spacial score (nSPS) is 10.1. The Kier molecular flexibility index (Phi) is 3.80.